The van der Waals surface area contributed by atoms with Gasteiger partial charge in [-0.2, -0.15) is 0 Å². The van der Waals surface area contributed by atoms with Crippen LogP contribution in [-0.2, 0) is 36.9 Å². The van der Waals surface area contributed by atoms with Crippen LogP contribution in [0.2, 0.25) is 0 Å². The summed E-state index contributed by atoms with van der Waals surface area (Å²) >= 11 is 0. The summed E-state index contributed by atoms with van der Waals surface area (Å²) in [5.41, 5.74) is 1.03. The highest BCUT2D eigenvalue weighted by atomic mass is 16.6. The number of alkyl carbamates (subject to hydrolysis) is 1. The minimum Gasteiger partial charge on any atom is -0.489 e. The number of amides is 3. The molecule has 0 aromatic heterocycles. The lowest BCUT2D eigenvalue weighted by molar-refractivity contribution is -0.143. The number of benzene rings is 2. The molecule has 0 aliphatic heterocycles. The van der Waals surface area contributed by atoms with Gasteiger partial charge in [0.05, 0.1) is 6.61 Å². The maximum absolute atomic E-state index is 13.1. The summed E-state index contributed by atoms with van der Waals surface area (Å²) in [5.74, 6) is -1.08. The predicted octanol–water partition coefficient (Wildman–Crippen LogP) is 2.89. The van der Waals surface area contributed by atoms with E-state index in [1.165, 1.54) is 6.92 Å². The van der Waals surface area contributed by atoms with E-state index in [1.54, 1.807) is 52.0 Å². The third-order valence-corrected chi connectivity index (χ3v) is 5.08. The average molecular weight is 528 g/mol. The van der Waals surface area contributed by atoms with Gasteiger partial charge in [0, 0.05) is 6.42 Å². The number of hydrogen-bond acceptors (Lipinski definition) is 7. The Morgan fingerprint density at radius 1 is 0.868 bits per heavy atom. The highest BCUT2D eigenvalue weighted by Crippen LogP contribution is 2.16. The van der Waals surface area contributed by atoms with Crippen molar-refractivity contribution in [3.63, 3.8) is 0 Å². The van der Waals surface area contributed by atoms with Crippen LogP contribution >= 0.6 is 0 Å². The Bertz CT molecular complexity index is 1070. The second-order valence-electron chi connectivity index (χ2n) is 9.57. The first-order valence-electron chi connectivity index (χ1n) is 12.5. The zero-order valence-electron chi connectivity index (χ0n) is 22.5. The summed E-state index contributed by atoms with van der Waals surface area (Å²) in [6, 6.07) is 14.9. The summed E-state index contributed by atoms with van der Waals surface area (Å²) in [7, 11) is 0. The van der Waals surface area contributed by atoms with Crippen LogP contribution in [0.4, 0.5) is 4.79 Å². The molecule has 2 aromatic rings. The van der Waals surface area contributed by atoms with E-state index in [1.807, 2.05) is 30.3 Å². The van der Waals surface area contributed by atoms with Gasteiger partial charge in [-0.15, -0.1) is 0 Å². The van der Waals surface area contributed by atoms with Crippen molar-refractivity contribution in [1.82, 2.24) is 16.0 Å². The molecule has 2 aromatic carbocycles. The lowest BCUT2D eigenvalue weighted by Gasteiger charge is -2.24. The molecule has 0 unspecified atom stereocenters. The first kappa shape index (κ1) is 30.1. The molecule has 0 saturated carbocycles. The van der Waals surface area contributed by atoms with Gasteiger partial charge >= 0.3 is 12.1 Å². The third kappa shape index (κ3) is 11.3. The molecule has 0 heterocycles. The van der Waals surface area contributed by atoms with E-state index in [2.05, 4.69) is 16.0 Å². The zero-order valence-corrected chi connectivity index (χ0v) is 22.5. The maximum atomic E-state index is 13.1. The fraction of sp³-hybridized carbons (Fsp3) is 0.429. The van der Waals surface area contributed by atoms with Crippen molar-refractivity contribution in [2.24, 2.45) is 0 Å². The van der Waals surface area contributed by atoms with Crippen molar-refractivity contribution in [3.8, 4) is 5.75 Å². The minimum atomic E-state index is -1.03. The van der Waals surface area contributed by atoms with Crippen LogP contribution in [0.5, 0.6) is 5.75 Å². The Hall–Kier alpha value is -4.08. The molecule has 206 valence electrons. The molecule has 3 amide bonds. The van der Waals surface area contributed by atoms with Crippen LogP contribution in [0.1, 0.15) is 45.7 Å². The van der Waals surface area contributed by atoms with E-state index in [-0.39, 0.29) is 19.6 Å². The van der Waals surface area contributed by atoms with Gasteiger partial charge in [0.2, 0.25) is 11.8 Å². The van der Waals surface area contributed by atoms with Gasteiger partial charge in [0.15, 0.2) is 0 Å². The molecule has 38 heavy (non-hydrogen) atoms. The normalized spacial score (nSPS) is 12.4. The van der Waals surface area contributed by atoms with Crippen molar-refractivity contribution in [2.75, 3.05) is 13.2 Å². The Morgan fingerprint density at radius 3 is 2.13 bits per heavy atom. The van der Waals surface area contributed by atoms with Crippen LogP contribution in [-0.4, -0.2) is 54.7 Å². The summed E-state index contributed by atoms with van der Waals surface area (Å²) in [5, 5.41) is 7.57. The van der Waals surface area contributed by atoms with Crippen LogP contribution in [0.3, 0.4) is 0 Å². The maximum Gasteiger partial charge on any atom is 0.408 e. The van der Waals surface area contributed by atoms with Crippen LogP contribution in [0, 0.1) is 0 Å². The summed E-state index contributed by atoms with van der Waals surface area (Å²) in [6.45, 7) is 8.57. The van der Waals surface area contributed by atoms with Crippen molar-refractivity contribution in [2.45, 2.75) is 65.3 Å². The topological polar surface area (TPSA) is 132 Å². The van der Waals surface area contributed by atoms with E-state index in [9.17, 15) is 19.2 Å². The van der Waals surface area contributed by atoms with Gasteiger partial charge in [-0.05, 0) is 57.9 Å². The zero-order chi connectivity index (χ0) is 28.1. The van der Waals surface area contributed by atoms with Crippen LogP contribution in [0.25, 0.3) is 0 Å². The first-order valence-corrected chi connectivity index (χ1v) is 12.5. The highest BCUT2D eigenvalue weighted by molar-refractivity contribution is 5.92. The highest BCUT2D eigenvalue weighted by Gasteiger charge is 2.27. The molecule has 10 heteroatoms. The lowest BCUT2D eigenvalue weighted by Crippen LogP contribution is -2.54. The smallest absolute Gasteiger partial charge is 0.408 e. The molecule has 3 N–H and O–H groups in total. The Labute approximate surface area is 223 Å². The molecule has 2 atom stereocenters. The van der Waals surface area contributed by atoms with Gasteiger partial charge in [-0.3, -0.25) is 14.4 Å². The number of esters is 1. The molecular weight excluding hydrogens is 490 g/mol. The summed E-state index contributed by atoms with van der Waals surface area (Å²) < 4.78 is 15.9. The number of rotatable bonds is 12. The summed E-state index contributed by atoms with van der Waals surface area (Å²) in [6.07, 6.45) is -0.624. The van der Waals surface area contributed by atoms with Crippen molar-refractivity contribution >= 4 is 23.9 Å². The molecule has 0 fully saturated rings. The second kappa shape index (κ2) is 14.6. The number of carbonyl (C=O) groups excluding carboxylic acids is 4. The largest absolute Gasteiger partial charge is 0.489 e. The van der Waals surface area contributed by atoms with Crippen LogP contribution in [0.15, 0.2) is 54.6 Å². The third-order valence-electron chi connectivity index (χ3n) is 5.08. The Morgan fingerprint density at radius 2 is 1.53 bits per heavy atom. The Kier molecular flexibility index (Phi) is 11.6. The molecular formula is C28H37N3O7. The number of carbonyl (C=O) groups is 4. The standard InChI is InChI=1S/C28H37N3O7/c1-6-36-24(32)17-29-25(33)19(2)30-26(34)23(31-27(35)38-28(3,4)5)16-20-12-14-22(15-13-20)37-18-21-10-8-7-9-11-21/h7-15,19,23H,6,16-18H2,1-5H3,(H,29,33)(H,30,34)(H,31,35)/t19-,23+/m1/s1. The molecule has 2 rings (SSSR count). The number of nitrogens with one attached hydrogen (secondary N) is 3. The molecule has 0 bridgehead atoms. The quantitative estimate of drug-likeness (QED) is 0.362. The van der Waals surface area contributed by atoms with Gasteiger partial charge in [-0.1, -0.05) is 42.5 Å². The van der Waals surface area contributed by atoms with E-state index in [0.29, 0.717) is 12.4 Å². The average Bonchev–Trinajstić information content (AvgIpc) is 2.86. The molecule has 0 aliphatic carbocycles. The van der Waals surface area contributed by atoms with E-state index >= 15 is 0 Å². The van der Waals surface area contributed by atoms with Crippen molar-refractivity contribution in [1.29, 1.82) is 0 Å². The second-order valence-corrected chi connectivity index (χ2v) is 9.57. The molecule has 0 saturated heterocycles. The molecule has 10 nitrogen and oxygen atoms in total. The minimum absolute atomic E-state index is 0.140. The number of hydrogen-bond donors (Lipinski definition) is 3. The number of ether oxygens (including phenoxy) is 3. The van der Waals surface area contributed by atoms with Crippen molar-refractivity contribution < 1.29 is 33.4 Å². The van der Waals surface area contributed by atoms with Gasteiger partial charge in [0.1, 0.15) is 36.6 Å². The Balaban J connectivity index is 2.03. The van der Waals surface area contributed by atoms with Crippen LogP contribution < -0.4 is 20.7 Å². The van der Waals surface area contributed by atoms with E-state index in [4.69, 9.17) is 14.2 Å². The monoisotopic (exact) mass is 527 g/mol. The van der Waals surface area contributed by atoms with Crippen molar-refractivity contribution in [3.05, 3.63) is 65.7 Å². The molecule has 0 aliphatic rings. The molecule has 0 radical (unpaired) electrons. The van der Waals surface area contributed by atoms with Gasteiger partial charge < -0.3 is 30.2 Å². The first-order chi connectivity index (χ1) is 18.0. The predicted molar refractivity (Wildman–Crippen MR) is 141 cm³/mol. The molecule has 0 spiro atoms. The van der Waals surface area contributed by atoms with Gasteiger partial charge in [-0.25, -0.2) is 4.79 Å². The summed E-state index contributed by atoms with van der Waals surface area (Å²) in [4.78, 5) is 49.3. The fourth-order valence-corrected chi connectivity index (χ4v) is 3.26. The SMILES string of the molecule is CCOC(=O)CNC(=O)[C@@H](C)NC(=O)[C@H](Cc1ccc(OCc2ccccc2)cc1)NC(=O)OC(C)(C)C. The van der Waals surface area contributed by atoms with Gasteiger partial charge in [0.25, 0.3) is 0 Å². The fourth-order valence-electron chi connectivity index (χ4n) is 3.26. The lowest BCUT2D eigenvalue weighted by atomic mass is 10.0. The van der Waals surface area contributed by atoms with E-state index in [0.717, 1.165) is 11.1 Å². The van der Waals surface area contributed by atoms with E-state index < -0.39 is 41.6 Å².